The molecule has 0 aromatic heterocycles. The lowest BCUT2D eigenvalue weighted by Gasteiger charge is -2.07. The maximum Gasteiger partial charge on any atom is 0.114 e. The molecule has 1 unspecified atom stereocenters. The van der Waals surface area contributed by atoms with E-state index in [1.165, 1.54) is 5.56 Å². The van der Waals surface area contributed by atoms with Gasteiger partial charge in [0, 0.05) is 6.54 Å². The highest BCUT2D eigenvalue weighted by molar-refractivity contribution is 5.50. The van der Waals surface area contributed by atoms with Crippen LogP contribution in [0.15, 0.2) is 66.7 Å². The minimum absolute atomic E-state index is 0.251. The predicted octanol–water partition coefficient (Wildman–Crippen LogP) is 3.42. The average Bonchev–Trinajstić information content (AvgIpc) is 2.52. The quantitative estimate of drug-likeness (QED) is 0.865. The van der Waals surface area contributed by atoms with E-state index in [4.69, 9.17) is 5.26 Å². The molecule has 0 aliphatic carbocycles. The molecule has 0 radical (unpaired) electrons. The van der Waals surface area contributed by atoms with Gasteiger partial charge in [-0.3, -0.25) is 5.32 Å². The first kappa shape index (κ1) is 14.0. The summed E-state index contributed by atoms with van der Waals surface area (Å²) in [6, 6.07) is 22.3. The second-order valence-electron chi connectivity index (χ2n) is 4.57. The summed E-state index contributed by atoms with van der Waals surface area (Å²) < 4.78 is 0. The van der Waals surface area contributed by atoms with Crippen molar-refractivity contribution in [2.75, 3.05) is 6.54 Å². The second-order valence-corrected chi connectivity index (χ2v) is 4.57. The highest BCUT2D eigenvalue weighted by atomic mass is 14.9. The van der Waals surface area contributed by atoms with Crippen LogP contribution in [0.4, 0.5) is 0 Å². The summed E-state index contributed by atoms with van der Waals surface area (Å²) in [5.74, 6) is 0. The predicted molar refractivity (Wildman–Crippen MR) is 83.0 cm³/mol. The van der Waals surface area contributed by atoms with Crippen LogP contribution in [0.1, 0.15) is 11.1 Å². The maximum absolute atomic E-state index is 9.14. The zero-order valence-corrected chi connectivity index (χ0v) is 11.4. The van der Waals surface area contributed by atoms with E-state index < -0.39 is 0 Å². The van der Waals surface area contributed by atoms with Crippen molar-refractivity contribution in [3.05, 3.63) is 77.9 Å². The fraction of sp³-hybridized carbons (Fsp3) is 0.167. The molecule has 0 amide bonds. The van der Waals surface area contributed by atoms with E-state index in [1.54, 1.807) is 0 Å². The van der Waals surface area contributed by atoms with E-state index in [0.29, 0.717) is 0 Å². The molecular formula is C18H18N2. The normalized spacial score (nSPS) is 12.2. The number of nitrogens with one attached hydrogen (secondary N) is 1. The number of hydrogen-bond donors (Lipinski definition) is 1. The molecule has 0 bridgehead atoms. The van der Waals surface area contributed by atoms with Crippen molar-refractivity contribution in [1.82, 2.24) is 5.32 Å². The standard InChI is InChI=1S/C18H18N2/c19-15-18(12-11-16-7-3-1-4-8-16)20-14-13-17-9-5-2-6-10-17/h1-12,18,20H,13-14H2. The molecular weight excluding hydrogens is 244 g/mol. The Labute approximate surface area is 120 Å². The van der Waals surface area contributed by atoms with Gasteiger partial charge in [0.05, 0.1) is 6.07 Å². The van der Waals surface area contributed by atoms with E-state index in [1.807, 2.05) is 60.7 Å². The summed E-state index contributed by atoms with van der Waals surface area (Å²) in [6.07, 6.45) is 4.81. The lowest BCUT2D eigenvalue weighted by atomic mass is 10.1. The third-order valence-electron chi connectivity index (χ3n) is 3.04. The highest BCUT2D eigenvalue weighted by Crippen LogP contribution is 2.02. The van der Waals surface area contributed by atoms with E-state index in [-0.39, 0.29) is 6.04 Å². The monoisotopic (exact) mass is 262 g/mol. The van der Waals surface area contributed by atoms with Gasteiger partial charge in [0.15, 0.2) is 0 Å². The Morgan fingerprint density at radius 3 is 2.30 bits per heavy atom. The first-order valence-electron chi connectivity index (χ1n) is 6.78. The van der Waals surface area contributed by atoms with Crippen molar-refractivity contribution in [2.24, 2.45) is 0 Å². The van der Waals surface area contributed by atoms with Crippen molar-refractivity contribution in [1.29, 1.82) is 5.26 Å². The van der Waals surface area contributed by atoms with Gasteiger partial charge in [-0.1, -0.05) is 72.8 Å². The molecule has 0 heterocycles. The molecule has 0 spiro atoms. The van der Waals surface area contributed by atoms with Crippen LogP contribution < -0.4 is 5.32 Å². The molecule has 2 nitrogen and oxygen atoms in total. The summed E-state index contributed by atoms with van der Waals surface area (Å²) >= 11 is 0. The van der Waals surface area contributed by atoms with Crippen LogP contribution in [0.25, 0.3) is 6.08 Å². The number of hydrogen-bond acceptors (Lipinski definition) is 2. The topological polar surface area (TPSA) is 35.8 Å². The molecule has 0 aliphatic heterocycles. The van der Waals surface area contributed by atoms with Gasteiger partial charge in [-0.2, -0.15) is 5.26 Å². The van der Waals surface area contributed by atoms with Crippen LogP contribution in [0.5, 0.6) is 0 Å². The van der Waals surface area contributed by atoms with Gasteiger partial charge >= 0.3 is 0 Å². The summed E-state index contributed by atoms with van der Waals surface area (Å²) in [4.78, 5) is 0. The van der Waals surface area contributed by atoms with E-state index in [0.717, 1.165) is 18.5 Å². The van der Waals surface area contributed by atoms with Crippen molar-refractivity contribution >= 4 is 6.08 Å². The molecule has 2 rings (SSSR count). The van der Waals surface area contributed by atoms with Crippen molar-refractivity contribution in [2.45, 2.75) is 12.5 Å². The molecule has 1 atom stereocenters. The van der Waals surface area contributed by atoms with Crippen LogP contribution >= 0.6 is 0 Å². The van der Waals surface area contributed by atoms with Gasteiger partial charge in [0.25, 0.3) is 0 Å². The first-order chi connectivity index (χ1) is 9.88. The Balaban J connectivity index is 1.81. The summed E-state index contributed by atoms with van der Waals surface area (Å²) in [7, 11) is 0. The molecule has 0 saturated heterocycles. The average molecular weight is 262 g/mol. The van der Waals surface area contributed by atoms with Crippen molar-refractivity contribution in [3.8, 4) is 6.07 Å². The number of benzene rings is 2. The van der Waals surface area contributed by atoms with Crippen molar-refractivity contribution in [3.63, 3.8) is 0 Å². The Morgan fingerprint density at radius 1 is 1.00 bits per heavy atom. The smallest absolute Gasteiger partial charge is 0.114 e. The third kappa shape index (κ3) is 4.72. The van der Waals surface area contributed by atoms with Gasteiger partial charge in [-0.05, 0) is 17.5 Å². The largest absolute Gasteiger partial charge is 0.298 e. The molecule has 0 aliphatic rings. The fourth-order valence-electron chi connectivity index (χ4n) is 1.94. The molecule has 0 fully saturated rings. The van der Waals surface area contributed by atoms with Crippen LogP contribution in [0.2, 0.25) is 0 Å². The Morgan fingerprint density at radius 2 is 1.65 bits per heavy atom. The fourth-order valence-corrected chi connectivity index (χ4v) is 1.94. The lowest BCUT2D eigenvalue weighted by molar-refractivity contribution is 0.679. The summed E-state index contributed by atoms with van der Waals surface area (Å²) in [6.45, 7) is 0.793. The van der Waals surface area contributed by atoms with E-state index in [2.05, 4.69) is 23.5 Å². The molecule has 2 aromatic rings. The second kappa shape index (κ2) is 7.93. The number of nitrogens with zero attached hydrogens (tertiary/aromatic N) is 1. The highest BCUT2D eigenvalue weighted by Gasteiger charge is 2.01. The number of rotatable bonds is 6. The SMILES string of the molecule is N#CC(C=Cc1ccccc1)NCCc1ccccc1. The molecule has 20 heavy (non-hydrogen) atoms. The van der Waals surface area contributed by atoms with Gasteiger partial charge < -0.3 is 0 Å². The van der Waals surface area contributed by atoms with Gasteiger partial charge in [0.2, 0.25) is 0 Å². The lowest BCUT2D eigenvalue weighted by Crippen LogP contribution is -2.27. The Kier molecular flexibility index (Phi) is 5.57. The molecule has 0 saturated carbocycles. The van der Waals surface area contributed by atoms with Gasteiger partial charge in [-0.25, -0.2) is 0 Å². The Bertz CT molecular complexity index is 567. The van der Waals surface area contributed by atoms with Crippen LogP contribution in [-0.4, -0.2) is 12.6 Å². The summed E-state index contributed by atoms with van der Waals surface area (Å²) in [5.41, 5.74) is 2.39. The molecule has 100 valence electrons. The molecule has 1 N–H and O–H groups in total. The minimum Gasteiger partial charge on any atom is -0.298 e. The molecule has 2 heteroatoms. The Hall–Kier alpha value is -2.37. The van der Waals surface area contributed by atoms with Crippen LogP contribution in [0.3, 0.4) is 0 Å². The zero-order chi connectivity index (χ0) is 14.0. The molecule has 2 aromatic carbocycles. The van der Waals surface area contributed by atoms with Crippen LogP contribution in [-0.2, 0) is 6.42 Å². The number of nitriles is 1. The summed E-state index contributed by atoms with van der Waals surface area (Å²) in [5, 5.41) is 12.4. The third-order valence-corrected chi connectivity index (χ3v) is 3.04. The van der Waals surface area contributed by atoms with Gasteiger partial charge in [0.1, 0.15) is 6.04 Å². The van der Waals surface area contributed by atoms with Crippen molar-refractivity contribution < 1.29 is 0 Å². The zero-order valence-electron chi connectivity index (χ0n) is 11.4. The van der Waals surface area contributed by atoms with Gasteiger partial charge in [-0.15, -0.1) is 0 Å². The maximum atomic E-state index is 9.14. The van der Waals surface area contributed by atoms with E-state index in [9.17, 15) is 0 Å². The van der Waals surface area contributed by atoms with Crippen LogP contribution in [0, 0.1) is 11.3 Å². The minimum atomic E-state index is -0.251. The first-order valence-corrected chi connectivity index (χ1v) is 6.78. The van der Waals surface area contributed by atoms with E-state index >= 15 is 0 Å².